The quantitative estimate of drug-likeness (QED) is 0.271. The lowest BCUT2D eigenvalue weighted by Crippen LogP contribution is -2.50. The minimum absolute atomic E-state index is 0.213. The molecular weight excluding hydrogens is 562 g/mol. The molecule has 1 aromatic carbocycles. The summed E-state index contributed by atoms with van der Waals surface area (Å²) in [7, 11) is 0. The third-order valence-corrected chi connectivity index (χ3v) is 7.31. The molecule has 4 aromatic rings. The van der Waals surface area contributed by atoms with Crippen LogP contribution in [0.15, 0.2) is 47.4 Å². The van der Waals surface area contributed by atoms with E-state index in [-0.39, 0.29) is 11.5 Å². The van der Waals surface area contributed by atoms with Gasteiger partial charge in [-0.2, -0.15) is 0 Å². The molecule has 3 amide bonds. The maximum Gasteiger partial charge on any atom is 0.410 e. The van der Waals surface area contributed by atoms with Crippen LogP contribution < -0.4 is 16.4 Å². The SMILES string of the molecule is CC(C)(C)OC(=O)N1CCN(CCn2cc(-c3ccc(NC(=O)Nc4cc(C(C)(C)C)on4)cc3)c3c(N)ncnc32)CC1. The lowest BCUT2D eigenvalue weighted by atomic mass is 9.93. The molecule has 0 spiro atoms. The molecule has 13 heteroatoms. The maximum atomic E-state index is 12.6. The van der Waals surface area contributed by atoms with Crippen LogP contribution in [0, 0.1) is 0 Å². The third-order valence-electron chi connectivity index (χ3n) is 7.31. The molecule has 1 fully saturated rings. The molecule has 4 heterocycles. The van der Waals surface area contributed by atoms with Crippen LogP contribution in [0.5, 0.6) is 0 Å². The summed E-state index contributed by atoms with van der Waals surface area (Å²) in [6.45, 7) is 15.9. The number of hydrogen-bond acceptors (Lipinski definition) is 9. The summed E-state index contributed by atoms with van der Waals surface area (Å²) in [4.78, 5) is 37.8. The van der Waals surface area contributed by atoms with Gasteiger partial charge in [0.1, 0.15) is 29.2 Å². The number of amides is 3. The molecular formula is C31H41N9O4. The van der Waals surface area contributed by atoms with E-state index in [4.69, 9.17) is 15.0 Å². The highest BCUT2D eigenvalue weighted by atomic mass is 16.6. The Kier molecular flexibility index (Phi) is 8.51. The van der Waals surface area contributed by atoms with E-state index in [1.54, 1.807) is 11.0 Å². The molecule has 0 saturated carbocycles. The number of rotatable bonds is 6. The molecule has 0 aliphatic carbocycles. The van der Waals surface area contributed by atoms with E-state index in [0.29, 0.717) is 42.7 Å². The van der Waals surface area contributed by atoms with Crippen LogP contribution in [0.2, 0.25) is 0 Å². The number of anilines is 3. The molecule has 44 heavy (non-hydrogen) atoms. The largest absolute Gasteiger partial charge is 0.444 e. The monoisotopic (exact) mass is 603 g/mol. The van der Waals surface area contributed by atoms with Gasteiger partial charge in [0.25, 0.3) is 0 Å². The van der Waals surface area contributed by atoms with Gasteiger partial charge >= 0.3 is 12.1 Å². The van der Waals surface area contributed by atoms with E-state index in [1.165, 1.54) is 6.33 Å². The second-order valence-corrected chi connectivity index (χ2v) is 13.0. The highest BCUT2D eigenvalue weighted by Gasteiger charge is 2.26. The van der Waals surface area contributed by atoms with Crippen molar-refractivity contribution in [1.82, 2.24) is 29.5 Å². The van der Waals surface area contributed by atoms with Crippen molar-refractivity contribution < 1.29 is 18.8 Å². The summed E-state index contributed by atoms with van der Waals surface area (Å²) in [6.07, 6.45) is 3.25. The molecule has 3 aromatic heterocycles. The van der Waals surface area contributed by atoms with E-state index in [1.807, 2.05) is 72.0 Å². The zero-order valence-electron chi connectivity index (χ0n) is 26.2. The fraction of sp³-hybridized carbons (Fsp3) is 0.452. The van der Waals surface area contributed by atoms with Crippen molar-refractivity contribution in [2.24, 2.45) is 0 Å². The van der Waals surface area contributed by atoms with Crippen molar-refractivity contribution in [2.45, 2.75) is 59.1 Å². The Hall–Kier alpha value is -4.65. The topological polar surface area (TPSA) is 157 Å². The summed E-state index contributed by atoms with van der Waals surface area (Å²) in [5.41, 5.74) is 8.80. The second kappa shape index (κ2) is 12.2. The molecule has 0 bridgehead atoms. The number of carbonyl (C=O) groups is 2. The lowest BCUT2D eigenvalue weighted by Gasteiger charge is -2.35. The summed E-state index contributed by atoms with van der Waals surface area (Å²) in [5, 5.41) is 10.2. The zero-order valence-corrected chi connectivity index (χ0v) is 26.2. The summed E-state index contributed by atoms with van der Waals surface area (Å²) >= 11 is 0. The normalized spacial score (nSPS) is 14.5. The molecule has 1 aliphatic heterocycles. The van der Waals surface area contributed by atoms with Gasteiger partial charge in [-0.15, -0.1) is 0 Å². The number of fused-ring (bicyclic) bond motifs is 1. The number of nitrogens with zero attached hydrogens (tertiary/aromatic N) is 6. The van der Waals surface area contributed by atoms with Crippen LogP contribution in [0.1, 0.15) is 47.3 Å². The number of piperazine rings is 1. The first-order chi connectivity index (χ1) is 20.8. The Morgan fingerprint density at radius 3 is 2.32 bits per heavy atom. The first-order valence-electron chi connectivity index (χ1n) is 14.7. The highest BCUT2D eigenvalue weighted by molar-refractivity contribution is 6.02. The van der Waals surface area contributed by atoms with E-state index in [0.717, 1.165) is 41.8 Å². The number of ether oxygens (including phenoxy) is 1. The second-order valence-electron chi connectivity index (χ2n) is 13.0. The molecule has 13 nitrogen and oxygen atoms in total. The number of nitrogens with two attached hydrogens (primary N) is 1. The number of hydrogen-bond donors (Lipinski definition) is 3. The van der Waals surface area contributed by atoms with Crippen LogP contribution >= 0.6 is 0 Å². The van der Waals surface area contributed by atoms with Gasteiger partial charge < -0.3 is 29.8 Å². The van der Waals surface area contributed by atoms with Crippen LogP contribution in [-0.4, -0.2) is 79.9 Å². The predicted molar refractivity (Wildman–Crippen MR) is 169 cm³/mol. The van der Waals surface area contributed by atoms with E-state index in [9.17, 15) is 9.59 Å². The van der Waals surface area contributed by atoms with Gasteiger partial charge in [-0.05, 0) is 38.5 Å². The maximum absolute atomic E-state index is 12.6. The van der Waals surface area contributed by atoms with Crippen molar-refractivity contribution in [1.29, 1.82) is 0 Å². The minimum atomic E-state index is -0.508. The lowest BCUT2D eigenvalue weighted by molar-refractivity contribution is 0.0143. The van der Waals surface area contributed by atoms with Gasteiger partial charge in [0, 0.05) is 68.2 Å². The van der Waals surface area contributed by atoms with E-state index >= 15 is 0 Å². The Morgan fingerprint density at radius 1 is 0.977 bits per heavy atom. The van der Waals surface area contributed by atoms with Crippen LogP contribution in [-0.2, 0) is 16.7 Å². The Morgan fingerprint density at radius 2 is 1.68 bits per heavy atom. The fourth-order valence-corrected chi connectivity index (χ4v) is 4.97. The van der Waals surface area contributed by atoms with Crippen molar-refractivity contribution in [3.8, 4) is 11.1 Å². The number of nitrogen functional groups attached to an aromatic ring is 1. The first kappa shape index (κ1) is 30.8. The standard InChI is InChI=1S/C31H41N9O4/c1-30(2,3)23-17-24(37-44-23)36-28(41)35-21-9-7-20(8-10-21)22-18-40(27-25(22)26(32)33-19-34-27)16-13-38-11-14-39(15-12-38)29(42)43-31(4,5)6/h7-10,17-19H,11-16H2,1-6H3,(H2,32,33,34)(H2,35,36,37,41). The molecule has 4 N–H and O–H groups in total. The van der Waals surface area contributed by atoms with Gasteiger partial charge in [-0.25, -0.2) is 19.6 Å². The average Bonchev–Trinajstić information content (AvgIpc) is 3.57. The van der Waals surface area contributed by atoms with Crippen molar-refractivity contribution in [2.75, 3.05) is 49.1 Å². The molecule has 0 atom stereocenters. The number of aromatic nitrogens is 4. The van der Waals surface area contributed by atoms with E-state index < -0.39 is 11.6 Å². The smallest absolute Gasteiger partial charge is 0.410 e. The molecule has 1 aliphatic rings. The first-order valence-corrected chi connectivity index (χ1v) is 14.7. The predicted octanol–water partition coefficient (Wildman–Crippen LogP) is 5.16. The third kappa shape index (κ3) is 7.28. The molecule has 0 radical (unpaired) electrons. The van der Waals surface area contributed by atoms with Gasteiger partial charge in [0.2, 0.25) is 0 Å². The number of carbonyl (C=O) groups excluding carboxylic acids is 2. The summed E-state index contributed by atoms with van der Waals surface area (Å²) in [5.74, 6) is 1.43. The van der Waals surface area contributed by atoms with Crippen LogP contribution in [0.4, 0.5) is 26.9 Å². The summed E-state index contributed by atoms with van der Waals surface area (Å²) in [6, 6.07) is 8.79. The van der Waals surface area contributed by atoms with Crippen molar-refractivity contribution >= 4 is 40.5 Å². The van der Waals surface area contributed by atoms with Crippen LogP contribution in [0.25, 0.3) is 22.2 Å². The Labute approximate surface area is 256 Å². The number of nitrogens with one attached hydrogen (secondary N) is 2. The molecule has 234 valence electrons. The molecule has 5 rings (SSSR count). The van der Waals surface area contributed by atoms with Crippen molar-refractivity contribution in [3.63, 3.8) is 0 Å². The number of urea groups is 1. The zero-order chi connectivity index (χ0) is 31.6. The fourth-order valence-electron chi connectivity index (χ4n) is 4.97. The number of benzene rings is 1. The Bertz CT molecular complexity index is 1620. The summed E-state index contributed by atoms with van der Waals surface area (Å²) < 4.78 is 12.9. The van der Waals surface area contributed by atoms with Crippen molar-refractivity contribution in [3.05, 3.63) is 48.6 Å². The van der Waals surface area contributed by atoms with Gasteiger partial charge in [-0.1, -0.05) is 38.1 Å². The highest BCUT2D eigenvalue weighted by Crippen LogP contribution is 2.33. The van der Waals surface area contributed by atoms with Crippen LogP contribution in [0.3, 0.4) is 0 Å². The molecule has 1 saturated heterocycles. The van der Waals surface area contributed by atoms with Gasteiger partial charge in [0.05, 0.1) is 5.39 Å². The Balaban J connectivity index is 1.23. The van der Waals surface area contributed by atoms with Gasteiger partial charge in [0.15, 0.2) is 5.82 Å². The average molecular weight is 604 g/mol. The molecule has 0 unspecified atom stereocenters. The minimum Gasteiger partial charge on any atom is -0.444 e. The van der Waals surface area contributed by atoms with E-state index in [2.05, 4.69) is 35.2 Å². The van der Waals surface area contributed by atoms with Gasteiger partial charge in [-0.3, -0.25) is 10.2 Å².